The minimum absolute atomic E-state index is 0.509. The number of nitrogen functional groups attached to an aromatic ring is 1. The summed E-state index contributed by atoms with van der Waals surface area (Å²) in [5.41, 5.74) is 5.87. The molecule has 2 N–H and O–H groups in total. The van der Waals surface area contributed by atoms with Crippen LogP contribution in [-0.4, -0.2) is 24.1 Å². The highest BCUT2D eigenvalue weighted by Crippen LogP contribution is 2.38. The van der Waals surface area contributed by atoms with Crippen molar-refractivity contribution in [3.05, 3.63) is 0 Å². The molecule has 0 radical (unpaired) electrons. The molecule has 1 aromatic heterocycles. The molecule has 1 heterocycles. The highest BCUT2D eigenvalue weighted by molar-refractivity contribution is 7.11. The molecule has 5 heteroatoms. The van der Waals surface area contributed by atoms with Gasteiger partial charge in [0, 0.05) is 13.1 Å². The molecule has 1 rings (SSSR count). The van der Waals surface area contributed by atoms with Gasteiger partial charge in [0.15, 0.2) is 16.6 Å². The Morgan fingerprint density at radius 2 is 1.78 bits per heavy atom. The molecule has 0 unspecified atom stereocenters. The fourth-order valence-corrected chi connectivity index (χ4v) is 2.67. The number of aromatic nitrogens is 1. The SMILES string of the molecule is CCOc1c(N)nsc1N(CC(C)C)CC(C)C. The minimum Gasteiger partial charge on any atom is -0.487 e. The molecular weight excluding hydrogens is 246 g/mol. The lowest BCUT2D eigenvalue weighted by Gasteiger charge is -2.27. The van der Waals surface area contributed by atoms with E-state index in [0.29, 0.717) is 24.3 Å². The largest absolute Gasteiger partial charge is 0.487 e. The van der Waals surface area contributed by atoms with Gasteiger partial charge >= 0.3 is 0 Å². The van der Waals surface area contributed by atoms with Crippen LogP contribution in [0.1, 0.15) is 34.6 Å². The predicted molar refractivity (Wildman–Crippen MR) is 79.6 cm³/mol. The van der Waals surface area contributed by atoms with Crippen LogP contribution in [0.2, 0.25) is 0 Å². The Labute approximate surface area is 114 Å². The van der Waals surface area contributed by atoms with Crippen LogP contribution in [0, 0.1) is 11.8 Å². The maximum absolute atomic E-state index is 5.87. The maximum atomic E-state index is 5.87. The van der Waals surface area contributed by atoms with Crippen LogP contribution in [0.15, 0.2) is 0 Å². The van der Waals surface area contributed by atoms with Gasteiger partial charge in [0.25, 0.3) is 0 Å². The predicted octanol–water partition coefficient (Wildman–Crippen LogP) is 3.24. The molecule has 1 aromatic rings. The van der Waals surface area contributed by atoms with Crippen molar-refractivity contribution in [3.63, 3.8) is 0 Å². The zero-order valence-corrected chi connectivity index (χ0v) is 12.9. The molecule has 0 aliphatic heterocycles. The summed E-state index contributed by atoms with van der Waals surface area (Å²) < 4.78 is 9.86. The quantitative estimate of drug-likeness (QED) is 0.827. The Bertz CT molecular complexity index is 353. The summed E-state index contributed by atoms with van der Waals surface area (Å²) in [6.45, 7) is 13.5. The molecule has 0 fully saturated rings. The number of hydrogen-bond donors (Lipinski definition) is 1. The van der Waals surface area contributed by atoms with Crippen molar-refractivity contribution >= 4 is 22.4 Å². The van der Waals surface area contributed by atoms with Crippen LogP contribution in [0.3, 0.4) is 0 Å². The van der Waals surface area contributed by atoms with Gasteiger partial charge in [-0.1, -0.05) is 27.7 Å². The van der Waals surface area contributed by atoms with Crippen molar-refractivity contribution in [1.29, 1.82) is 0 Å². The Kier molecular flexibility index (Phi) is 5.72. The number of anilines is 2. The van der Waals surface area contributed by atoms with Crippen LogP contribution in [0.25, 0.3) is 0 Å². The van der Waals surface area contributed by atoms with Gasteiger partial charge in [0.05, 0.1) is 6.61 Å². The fraction of sp³-hybridized carbons (Fsp3) is 0.769. The second-order valence-corrected chi connectivity index (χ2v) is 6.08. The van der Waals surface area contributed by atoms with Crippen LogP contribution >= 0.6 is 11.5 Å². The third kappa shape index (κ3) is 4.05. The standard InChI is InChI=1S/C13H25N3OS/c1-6-17-11-12(14)15-18-13(11)16(7-9(2)3)8-10(4)5/h9-10H,6-8H2,1-5H3,(H2,14,15). The van der Waals surface area contributed by atoms with Crippen LogP contribution < -0.4 is 15.4 Å². The first-order valence-electron chi connectivity index (χ1n) is 6.58. The van der Waals surface area contributed by atoms with Crippen LogP contribution in [-0.2, 0) is 0 Å². The molecular formula is C13H25N3OS. The molecule has 0 atom stereocenters. The number of hydrogen-bond acceptors (Lipinski definition) is 5. The first-order chi connectivity index (χ1) is 8.45. The molecule has 104 valence electrons. The normalized spacial score (nSPS) is 11.3. The first-order valence-corrected chi connectivity index (χ1v) is 7.35. The van der Waals surface area contributed by atoms with Gasteiger partial charge in [-0.25, -0.2) is 0 Å². The lowest BCUT2D eigenvalue weighted by Crippen LogP contribution is -2.31. The average Bonchev–Trinajstić information content (AvgIpc) is 2.59. The molecule has 4 nitrogen and oxygen atoms in total. The second-order valence-electron chi connectivity index (χ2n) is 5.33. The van der Waals surface area contributed by atoms with Crippen LogP contribution in [0.4, 0.5) is 10.8 Å². The molecule has 0 saturated heterocycles. The zero-order valence-electron chi connectivity index (χ0n) is 12.1. The first kappa shape index (κ1) is 15.1. The highest BCUT2D eigenvalue weighted by atomic mass is 32.1. The minimum atomic E-state index is 0.509. The van der Waals surface area contributed by atoms with Gasteiger partial charge in [0.2, 0.25) is 0 Å². The summed E-state index contributed by atoms with van der Waals surface area (Å²) in [5.74, 6) is 2.46. The molecule has 0 amide bonds. The van der Waals surface area contributed by atoms with E-state index in [1.807, 2.05) is 6.92 Å². The average molecular weight is 271 g/mol. The second kappa shape index (κ2) is 6.83. The molecule has 0 bridgehead atoms. The van der Waals surface area contributed by atoms with Crippen molar-refractivity contribution < 1.29 is 4.74 Å². The van der Waals surface area contributed by atoms with E-state index in [2.05, 4.69) is 37.0 Å². The monoisotopic (exact) mass is 271 g/mol. The Morgan fingerprint density at radius 1 is 1.22 bits per heavy atom. The molecule has 0 aliphatic rings. The molecule has 0 spiro atoms. The van der Waals surface area contributed by atoms with Crippen molar-refractivity contribution in [3.8, 4) is 5.75 Å². The van der Waals surface area contributed by atoms with E-state index >= 15 is 0 Å². The van der Waals surface area contributed by atoms with Crippen molar-refractivity contribution in [1.82, 2.24) is 4.37 Å². The molecule has 0 aromatic carbocycles. The summed E-state index contributed by atoms with van der Waals surface area (Å²) in [6, 6.07) is 0. The number of nitrogens with zero attached hydrogens (tertiary/aromatic N) is 2. The van der Waals surface area contributed by atoms with E-state index in [9.17, 15) is 0 Å². The van der Waals surface area contributed by atoms with E-state index in [-0.39, 0.29) is 0 Å². The van der Waals surface area contributed by atoms with E-state index in [0.717, 1.165) is 23.8 Å². The van der Waals surface area contributed by atoms with Gasteiger partial charge < -0.3 is 15.4 Å². The topological polar surface area (TPSA) is 51.4 Å². The lowest BCUT2D eigenvalue weighted by molar-refractivity contribution is 0.342. The third-order valence-electron chi connectivity index (χ3n) is 2.40. The van der Waals surface area contributed by atoms with Crippen molar-refractivity contribution in [2.75, 3.05) is 30.3 Å². The van der Waals surface area contributed by atoms with E-state index in [1.165, 1.54) is 11.5 Å². The fourth-order valence-electron chi connectivity index (χ4n) is 1.89. The van der Waals surface area contributed by atoms with Gasteiger partial charge in [-0.3, -0.25) is 0 Å². The summed E-state index contributed by atoms with van der Waals surface area (Å²) in [6.07, 6.45) is 0. The van der Waals surface area contributed by atoms with Crippen LogP contribution in [0.5, 0.6) is 5.75 Å². The van der Waals surface area contributed by atoms with E-state index in [4.69, 9.17) is 10.5 Å². The van der Waals surface area contributed by atoms with Gasteiger partial charge in [-0.15, -0.1) is 0 Å². The zero-order chi connectivity index (χ0) is 13.7. The van der Waals surface area contributed by atoms with Gasteiger partial charge in [-0.05, 0) is 30.3 Å². The number of nitrogens with two attached hydrogens (primary N) is 1. The lowest BCUT2D eigenvalue weighted by atomic mass is 10.1. The van der Waals surface area contributed by atoms with Gasteiger partial charge in [0.1, 0.15) is 0 Å². The number of rotatable bonds is 7. The molecule has 0 saturated carbocycles. The Hall–Kier alpha value is -0.970. The molecule has 0 aliphatic carbocycles. The third-order valence-corrected chi connectivity index (χ3v) is 3.31. The summed E-state index contributed by atoms with van der Waals surface area (Å²) in [5, 5.41) is 1.07. The summed E-state index contributed by atoms with van der Waals surface area (Å²) in [4.78, 5) is 2.34. The van der Waals surface area contributed by atoms with Crippen molar-refractivity contribution in [2.24, 2.45) is 11.8 Å². The Morgan fingerprint density at radius 3 is 2.22 bits per heavy atom. The van der Waals surface area contributed by atoms with Gasteiger partial charge in [-0.2, -0.15) is 4.37 Å². The Balaban J connectivity index is 2.96. The van der Waals surface area contributed by atoms with Crippen molar-refractivity contribution in [2.45, 2.75) is 34.6 Å². The van der Waals surface area contributed by atoms with E-state index < -0.39 is 0 Å². The van der Waals surface area contributed by atoms with E-state index in [1.54, 1.807) is 0 Å². The number of ether oxygens (including phenoxy) is 1. The smallest absolute Gasteiger partial charge is 0.197 e. The maximum Gasteiger partial charge on any atom is 0.197 e. The summed E-state index contributed by atoms with van der Waals surface area (Å²) >= 11 is 1.43. The highest BCUT2D eigenvalue weighted by Gasteiger charge is 2.20. The summed E-state index contributed by atoms with van der Waals surface area (Å²) in [7, 11) is 0. The molecule has 18 heavy (non-hydrogen) atoms.